The van der Waals surface area contributed by atoms with Crippen LogP contribution in [0, 0.1) is 5.92 Å². The maximum Gasteiger partial charge on any atom is 0.303 e. The highest BCUT2D eigenvalue weighted by molar-refractivity contribution is 6.33. The number of rotatable bonds is 4. The Labute approximate surface area is 111 Å². The third-order valence-electron chi connectivity index (χ3n) is 3.03. The van der Waals surface area contributed by atoms with Crippen molar-refractivity contribution in [2.75, 3.05) is 5.73 Å². The standard InChI is InChI=1S/C12H14ClNO2.ClH/c13-10-4-3-8(5-11(10)14)9(6-12(15)16)7-1-2-7;/h3-5,7,9H,1-2,6,14H2,(H,15,16);1H/t9-;/m0./s1. The molecule has 94 valence electrons. The van der Waals surface area contributed by atoms with Crippen molar-refractivity contribution in [1.82, 2.24) is 0 Å². The summed E-state index contributed by atoms with van der Waals surface area (Å²) in [4.78, 5) is 10.8. The first kappa shape index (κ1) is 14.1. The van der Waals surface area contributed by atoms with Crippen LogP contribution in [0.3, 0.4) is 0 Å². The third kappa shape index (κ3) is 3.51. The first-order valence-corrected chi connectivity index (χ1v) is 5.72. The fourth-order valence-electron chi connectivity index (χ4n) is 2.04. The van der Waals surface area contributed by atoms with E-state index in [9.17, 15) is 4.79 Å². The van der Waals surface area contributed by atoms with Crippen LogP contribution < -0.4 is 5.73 Å². The monoisotopic (exact) mass is 275 g/mol. The highest BCUT2D eigenvalue weighted by Gasteiger charge is 2.33. The number of carboxylic acids is 1. The minimum Gasteiger partial charge on any atom is -0.481 e. The molecule has 1 fully saturated rings. The molecule has 0 spiro atoms. The van der Waals surface area contributed by atoms with E-state index in [-0.39, 0.29) is 24.7 Å². The number of hydrogen-bond acceptors (Lipinski definition) is 2. The van der Waals surface area contributed by atoms with E-state index in [2.05, 4.69) is 0 Å². The Hall–Kier alpha value is -0.930. The van der Waals surface area contributed by atoms with Crippen LogP contribution >= 0.6 is 24.0 Å². The molecule has 3 N–H and O–H groups in total. The zero-order valence-corrected chi connectivity index (χ0v) is 10.8. The molecule has 0 amide bonds. The van der Waals surface area contributed by atoms with E-state index in [1.54, 1.807) is 12.1 Å². The highest BCUT2D eigenvalue weighted by Crippen LogP contribution is 2.45. The Morgan fingerprint density at radius 3 is 2.65 bits per heavy atom. The van der Waals surface area contributed by atoms with Crippen molar-refractivity contribution in [3.05, 3.63) is 28.8 Å². The molecule has 5 heteroatoms. The average molecular weight is 276 g/mol. The van der Waals surface area contributed by atoms with E-state index in [4.69, 9.17) is 22.4 Å². The first-order chi connectivity index (χ1) is 7.58. The summed E-state index contributed by atoms with van der Waals surface area (Å²) < 4.78 is 0. The minimum atomic E-state index is -0.759. The molecule has 2 rings (SSSR count). The van der Waals surface area contributed by atoms with Gasteiger partial charge in [0.25, 0.3) is 0 Å². The number of hydrogen-bond donors (Lipinski definition) is 2. The second-order valence-corrected chi connectivity index (χ2v) is 4.73. The number of aliphatic carboxylic acids is 1. The Morgan fingerprint density at radius 1 is 1.53 bits per heavy atom. The largest absolute Gasteiger partial charge is 0.481 e. The van der Waals surface area contributed by atoms with Crippen molar-refractivity contribution >= 4 is 35.7 Å². The summed E-state index contributed by atoms with van der Waals surface area (Å²) in [5, 5.41) is 9.41. The maximum absolute atomic E-state index is 10.8. The van der Waals surface area contributed by atoms with Gasteiger partial charge in [0.1, 0.15) is 0 Å². The number of nitrogen functional groups attached to an aromatic ring is 1. The van der Waals surface area contributed by atoms with Crippen LogP contribution in [0.2, 0.25) is 5.02 Å². The molecule has 3 nitrogen and oxygen atoms in total. The average Bonchev–Trinajstić information content (AvgIpc) is 3.02. The molecule has 1 aromatic rings. The van der Waals surface area contributed by atoms with E-state index in [1.807, 2.05) is 6.07 Å². The predicted octanol–water partition coefficient (Wildman–Crippen LogP) is 3.31. The number of nitrogens with two attached hydrogens (primary N) is 1. The molecule has 0 saturated heterocycles. The molecule has 1 saturated carbocycles. The van der Waals surface area contributed by atoms with Gasteiger partial charge in [0.2, 0.25) is 0 Å². The summed E-state index contributed by atoms with van der Waals surface area (Å²) >= 11 is 5.84. The van der Waals surface area contributed by atoms with Gasteiger partial charge >= 0.3 is 5.97 Å². The normalized spacial score (nSPS) is 16.1. The molecular weight excluding hydrogens is 261 g/mol. The van der Waals surface area contributed by atoms with Crippen LogP contribution in [0.1, 0.15) is 30.7 Å². The Balaban J connectivity index is 0.00000144. The number of carboxylic acid groups (broad SMARTS) is 1. The lowest BCUT2D eigenvalue weighted by molar-refractivity contribution is -0.137. The number of benzene rings is 1. The van der Waals surface area contributed by atoms with Crippen molar-refractivity contribution < 1.29 is 9.90 Å². The van der Waals surface area contributed by atoms with Gasteiger partial charge in [0, 0.05) is 0 Å². The Morgan fingerprint density at radius 2 is 2.18 bits per heavy atom. The van der Waals surface area contributed by atoms with Gasteiger partial charge in [-0.15, -0.1) is 12.4 Å². The van der Waals surface area contributed by atoms with E-state index in [0.29, 0.717) is 16.6 Å². The number of anilines is 1. The molecule has 0 heterocycles. The van der Waals surface area contributed by atoms with Gasteiger partial charge in [-0.2, -0.15) is 0 Å². The van der Waals surface area contributed by atoms with Gasteiger partial charge in [-0.1, -0.05) is 17.7 Å². The molecule has 0 aromatic heterocycles. The van der Waals surface area contributed by atoms with Crippen LogP contribution in [0.4, 0.5) is 5.69 Å². The van der Waals surface area contributed by atoms with Crippen molar-refractivity contribution in [2.24, 2.45) is 5.92 Å². The van der Waals surface area contributed by atoms with Crippen molar-refractivity contribution in [3.63, 3.8) is 0 Å². The molecule has 0 unspecified atom stereocenters. The van der Waals surface area contributed by atoms with Gasteiger partial charge in [-0.3, -0.25) is 4.79 Å². The van der Waals surface area contributed by atoms with Crippen molar-refractivity contribution in [2.45, 2.75) is 25.2 Å². The van der Waals surface area contributed by atoms with Crippen LogP contribution in [0.5, 0.6) is 0 Å². The third-order valence-corrected chi connectivity index (χ3v) is 3.38. The van der Waals surface area contributed by atoms with Crippen LogP contribution in [0.25, 0.3) is 0 Å². The molecule has 0 aliphatic heterocycles. The molecule has 1 aromatic carbocycles. The first-order valence-electron chi connectivity index (χ1n) is 5.34. The molecule has 0 radical (unpaired) electrons. The van der Waals surface area contributed by atoms with E-state index >= 15 is 0 Å². The summed E-state index contributed by atoms with van der Waals surface area (Å²) in [5.74, 6) is -0.181. The molecule has 17 heavy (non-hydrogen) atoms. The lowest BCUT2D eigenvalue weighted by atomic mass is 9.91. The van der Waals surface area contributed by atoms with Crippen LogP contribution in [0.15, 0.2) is 18.2 Å². The molecule has 1 atom stereocenters. The summed E-state index contributed by atoms with van der Waals surface area (Å²) in [5.41, 5.74) is 7.25. The van der Waals surface area contributed by atoms with Gasteiger partial charge in [-0.25, -0.2) is 0 Å². The fraction of sp³-hybridized carbons (Fsp3) is 0.417. The predicted molar refractivity (Wildman–Crippen MR) is 70.8 cm³/mol. The van der Waals surface area contributed by atoms with Crippen LogP contribution in [-0.2, 0) is 4.79 Å². The summed E-state index contributed by atoms with van der Waals surface area (Å²) in [6.07, 6.45) is 2.40. The van der Waals surface area contributed by atoms with Crippen LogP contribution in [-0.4, -0.2) is 11.1 Å². The van der Waals surface area contributed by atoms with Crippen molar-refractivity contribution in [1.29, 1.82) is 0 Å². The Bertz CT molecular complexity index is 419. The lowest BCUT2D eigenvalue weighted by Gasteiger charge is -2.15. The second kappa shape index (κ2) is 5.61. The molecule has 0 bridgehead atoms. The van der Waals surface area contributed by atoms with Gasteiger partial charge in [0.15, 0.2) is 0 Å². The highest BCUT2D eigenvalue weighted by atomic mass is 35.5. The van der Waals surface area contributed by atoms with Gasteiger partial charge < -0.3 is 10.8 Å². The zero-order chi connectivity index (χ0) is 11.7. The van der Waals surface area contributed by atoms with Crippen molar-refractivity contribution in [3.8, 4) is 0 Å². The summed E-state index contributed by atoms with van der Waals surface area (Å²) in [7, 11) is 0. The zero-order valence-electron chi connectivity index (χ0n) is 9.23. The lowest BCUT2D eigenvalue weighted by Crippen LogP contribution is -2.08. The summed E-state index contributed by atoms with van der Waals surface area (Å²) in [6, 6.07) is 5.42. The molecule has 1 aliphatic carbocycles. The Kier molecular flexibility index (Phi) is 4.66. The number of halogens is 2. The number of carbonyl (C=O) groups is 1. The quantitative estimate of drug-likeness (QED) is 0.829. The fourth-order valence-corrected chi connectivity index (χ4v) is 2.15. The topological polar surface area (TPSA) is 63.3 Å². The van der Waals surface area contributed by atoms with E-state index in [1.165, 1.54) is 0 Å². The minimum absolute atomic E-state index is 0. The molecule has 1 aliphatic rings. The maximum atomic E-state index is 10.8. The summed E-state index contributed by atoms with van der Waals surface area (Å²) in [6.45, 7) is 0. The molecular formula is C12H15Cl2NO2. The van der Waals surface area contributed by atoms with E-state index < -0.39 is 5.97 Å². The smallest absolute Gasteiger partial charge is 0.303 e. The van der Waals surface area contributed by atoms with E-state index in [0.717, 1.165) is 18.4 Å². The second-order valence-electron chi connectivity index (χ2n) is 4.32. The van der Waals surface area contributed by atoms with Gasteiger partial charge in [0.05, 0.1) is 17.1 Å². The SMILES string of the molecule is Cl.Nc1cc([C@@H](CC(=O)O)C2CC2)ccc1Cl. The van der Waals surface area contributed by atoms with Gasteiger partial charge in [-0.05, 0) is 42.4 Å².